The maximum atomic E-state index is 12.7. The Balaban J connectivity index is 1.59. The third kappa shape index (κ3) is 4.25. The number of ether oxygens (including phenoxy) is 1. The number of halogens is 3. The van der Waals surface area contributed by atoms with Gasteiger partial charge in [0.2, 0.25) is 11.8 Å². The molecule has 0 aliphatic carbocycles. The molecule has 3 rings (SSSR count). The fourth-order valence-corrected chi connectivity index (χ4v) is 2.82. The molecule has 1 aliphatic rings. The van der Waals surface area contributed by atoms with E-state index in [1.165, 1.54) is 18.3 Å². The summed E-state index contributed by atoms with van der Waals surface area (Å²) in [6, 6.07) is 10.1. The largest absolute Gasteiger partial charge is 0.468 e. The molecule has 1 amide bonds. The fourth-order valence-electron chi connectivity index (χ4n) is 2.82. The van der Waals surface area contributed by atoms with Crippen LogP contribution in [0.2, 0.25) is 0 Å². The number of alkyl halides is 3. The molecule has 0 saturated heterocycles. The number of nitrogens with one attached hydrogen (secondary N) is 1. The van der Waals surface area contributed by atoms with Gasteiger partial charge in [-0.05, 0) is 31.0 Å². The number of aromatic nitrogens is 1. The van der Waals surface area contributed by atoms with Crippen LogP contribution in [0, 0.1) is 0 Å². The second kappa shape index (κ2) is 7.23. The Morgan fingerprint density at radius 1 is 1.31 bits per heavy atom. The van der Waals surface area contributed by atoms with Gasteiger partial charge in [0.05, 0.1) is 11.9 Å². The van der Waals surface area contributed by atoms with Gasteiger partial charge in [-0.2, -0.15) is 13.2 Å². The summed E-state index contributed by atoms with van der Waals surface area (Å²) in [5.41, 5.74) is 2.58. The standard InChI is InChI=1S/C18H18F3N3O2/c1-12(17(25)24-9-8-13-4-2-3-5-15(13)24)23-14-6-7-16(22-10-14)26-11-18(19,20)21/h2-7,10,12,23H,8-9,11H2,1H3/t12-/m1/s1. The summed E-state index contributed by atoms with van der Waals surface area (Å²) in [4.78, 5) is 18.2. The lowest BCUT2D eigenvalue weighted by molar-refractivity contribution is -0.154. The summed E-state index contributed by atoms with van der Waals surface area (Å²) in [5.74, 6) is -0.201. The number of rotatable bonds is 5. The zero-order valence-electron chi connectivity index (χ0n) is 14.1. The third-order valence-corrected chi connectivity index (χ3v) is 4.03. The zero-order chi connectivity index (χ0) is 18.7. The van der Waals surface area contributed by atoms with Crippen molar-refractivity contribution in [1.82, 2.24) is 4.98 Å². The van der Waals surface area contributed by atoms with Gasteiger partial charge in [0.25, 0.3) is 0 Å². The van der Waals surface area contributed by atoms with E-state index in [1.807, 2.05) is 24.3 Å². The molecule has 0 spiro atoms. The Bertz CT molecular complexity index is 778. The van der Waals surface area contributed by atoms with Gasteiger partial charge in [0.15, 0.2) is 6.61 Å². The first-order valence-electron chi connectivity index (χ1n) is 8.15. The number of amides is 1. The molecule has 8 heteroatoms. The highest BCUT2D eigenvalue weighted by Crippen LogP contribution is 2.28. The minimum Gasteiger partial charge on any atom is -0.468 e. The lowest BCUT2D eigenvalue weighted by atomic mass is 10.2. The molecule has 1 N–H and O–H groups in total. The van der Waals surface area contributed by atoms with Gasteiger partial charge in [-0.25, -0.2) is 4.98 Å². The number of carbonyl (C=O) groups excluding carboxylic acids is 1. The van der Waals surface area contributed by atoms with Crippen molar-refractivity contribution in [1.29, 1.82) is 0 Å². The van der Waals surface area contributed by atoms with E-state index in [0.717, 1.165) is 17.7 Å². The number of anilines is 2. The van der Waals surface area contributed by atoms with Gasteiger partial charge in [0, 0.05) is 18.3 Å². The highest BCUT2D eigenvalue weighted by molar-refractivity contribution is 6.00. The van der Waals surface area contributed by atoms with Crippen LogP contribution in [0.15, 0.2) is 42.6 Å². The second-order valence-corrected chi connectivity index (χ2v) is 6.02. The van der Waals surface area contributed by atoms with Crippen molar-refractivity contribution in [3.05, 3.63) is 48.2 Å². The molecule has 1 atom stereocenters. The second-order valence-electron chi connectivity index (χ2n) is 6.02. The molecule has 138 valence electrons. The topological polar surface area (TPSA) is 54.5 Å². The van der Waals surface area contributed by atoms with Crippen molar-refractivity contribution in [3.63, 3.8) is 0 Å². The summed E-state index contributed by atoms with van der Waals surface area (Å²) in [6.07, 6.45) is -2.25. The normalized spacial score (nSPS) is 14.7. The monoisotopic (exact) mass is 365 g/mol. The molecule has 0 unspecified atom stereocenters. The summed E-state index contributed by atoms with van der Waals surface area (Å²) < 4.78 is 40.9. The maximum Gasteiger partial charge on any atom is 0.422 e. The Morgan fingerprint density at radius 2 is 2.08 bits per heavy atom. The number of fused-ring (bicyclic) bond motifs is 1. The van der Waals surface area contributed by atoms with Crippen LogP contribution < -0.4 is 15.0 Å². The van der Waals surface area contributed by atoms with Crippen molar-refractivity contribution in [2.75, 3.05) is 23.4 Å². The van der Waals surface area contributed by atoms with Gasteiger partial charge in [0.1, 0.15) is 6.04 Å². The molecule has 2 aromatic rings. The fraction of sp³-hybridized carbons (Fsp3) is 0.333. The maximum absolute atomic E-state index is 12.7. The van der Waals surface area contributed by atoms with Gasteiger partial charge in [-0.1, -0.05) is 18.2 Å². The zero-order valence-corrected chi connectivity index (χ0v) is 14.1. The first kappa shape index (κ1) is 18.0. The lowest BCUT2D eigenvalue weighted by Gasteiger charge is -2.23. The first-order valence-corrected chi connectivity index (χ1v) is 8.15. The SMILES string of the molecule is C[C@@H](Nc1ccc(OCC(F)(F)F)nc1)C(=O)N1CCc2ccccc21. The molecule has 1 aromatic heterocycles. The van der Waals surface area contributed by atoms with Crippen molar-refractivity contribution in [3.8, 4) is 5.88 Å². The van der Waals surface area contributed by atoms with Gasteiger partial charge in [-0.3, -0.25) is 4.79 Å². The van der Waals surface area contributed by atoms with Crippen molar-refractivity contribution >= 4 is 17.3 Å². The Kier molecular flexibility index (Phi) is 5.01. The minimum atomic E-state index is -4.41. The van der Waals surface area contributed by atoms with Crippen LogP contribution in [0.4, 0.5) is 24.5 Å². The highest BCUT2D eigenvalue weighted by atomic mass is 19.4. The summed E-state index contributed by atoms with van der Waals surface area (Å²) in [7, 11) is 0. The Labute approximate surface area is 148 Å². The van der Waals surface area contributed by atoms with E-state index in [0.29, 0.717) is 12.2 Å². The average molecular weight is 365 g/mol. The summed E-state index contributed by atoms with van der Waals surface area (Å²) >= 11 is 0. The predicted octanol–water partition coefficient (Wildman–Crippen LogP) is 3.41. The number of hydrogen-bond acceptors (Lipinski definition) is 4. The number of pyridine rings is 1. The molecule has 2 heterocycles. The van der Waals surface area contributed by atoms with Crippen LogP contribution in [0.3, 0.4) is 0 Å². The smallest absolute Gasteiger partial charge is 0.422 e. The quantitative estimate of drug-likeness (QED) is 0.882. The lowest BCUT2D eigenvalue weighted by Crippen LogP contribution is -2.40. The summed E-state index contributed by atoms with van der Waals surface area (Å²) in [5, 5.41) is 3.02. The van der Waals surface area contributed by atoms with E-state index >= 15 is 0 Å². The van der Waals surface area contributed by atoms with Crippen molar-refractivity contribution < 1.29 is 22.7 Å². The number of nitrogens with zero attached hydrogens (tertiary/aromatic N) is 2. The molecule has 5 nitrogen and oxygen atoms in total. The number of carbonyl (C=O) groups is 1. The molecule has 26 heavy (non-hydrogen) atoms. The molecule has 0 radical (unpaired) electrons. The van der Waals surface area contributed by atoms with E-state index in [9.17, 15) is 18.0 Å². The first-order chi connectivity index (χ1) is 12.3. The van der Waals surface area contributed by atoms with Gasteiger partial charge >= 0.3 is 6.18 Å². The third-order valence-electron chi connectivity index (χ3n) is 4.03. The Hall–Kier alpha value is -2.77. The highest BCUT2D eigenvalue weighted by Gasteiger charge is 2.29. The van der Waals surface area contributed by atoms with Crippen LogP contribution in [0.1, 0.15) is 12.5 Å². The number of benzene rings is 1. The molecule has 1 aliphatic heterocycles. The molecular formula is C18H18F3N3O2. The molecule has 0 fully saturated rings. The van der Waals surface area contributed by atoms with Gasteiger partial charge in [-0.15, -0.1) is 0 Å². The van der Waals surface area contributed by atoms with Gasteiger partial charge < -0.3 is 15.0 Å². The van der Waals surface area contributed by atoms with Crippen LogP contribution in [0.25, 0.3) is 0 Å². The van der Waals surface area contributed by atoms with E-state index in [-0.39, 0.29) is 11.8 Å². The average Bonchev–Trinajstić information content (AvgIpc) is 3.04. The Morgan fingerprint density at radius 3 is 2.77 bits per heavy atom. The molecule has 0 bridgehead atoms. The van der Waals surface area contributed by atoms with E-state index in [1.54, 1.807) is 11.8 Å². The van der Waals surface area contributed by atoms with E-state index < -0.39 is 18.8 Å². The van der Waals surface area contributed by atoms with Crippen LogP contribution >= 0.6 is 0 Å². The van der Waals surface area contributed by atoms with E-state index in [4.69, 9.17) is 0 Å². The van der Waals surface area contributed by atoms with E-state index in [2.05, 4.69) is 15.0 Å². The molecular weight excluding hydrogens is 347 g/mol. The van der Waals surface area contributed by atoms with Crippen LogP contribution in [-0.4, -0.2) is 36.3 Å². The molecule has 0 saturated carbocycles. The van der Waals surface area contributed by atoms with Crippen LogP contribution in [0.5, 0.6) is 5.88 Å². The number of para-hydroxylation sites is 1. The predicted molar refractivity (Wildman–Crippen MR) is 91.4 cm³/mol. The molecule has 1 aromatic carbocycles. The van der Waals surface area contributed by atoms with Crippen molar-refractivity contribution in [2.45, 2.75) is 25.6 Å². The van der Waals surface area contributed by atoms with Crippen LogP contribution in [-0.2, 0) is 11.2 Å². The minimum absolute atomic E-state index is 0.0765. The number of hydrogen-bond donors (Lipinski definition) is 1. The van der Waals surface area contributed by atoms with Crippen molar-refractivity contribution in [2.24, 2.45) is 0 Å². The summed E-state index contributed by atoms with van der Waals surface area (Å²) in [6.45, 7) is 0.972.